The Bertz CT molecular complexity index is 640. The van der Waals surface area contributed by atoms with Crippen molar-refractivity contribution >= 4 is 45.8 Å². The first-order valence-electron chi connectivity index (χ1n) is 5.81. The molecule has 2 nitrogen and oxygen atoms in total. The van der Waals surface area contributed by atoms with E-state index in [1.54, 1.807) is 0 Å². The maximum Gasteiger partial charge on any atom is 0.256 e. The lowest BCUT2D eigenvalue weighted by molar-refractivity contribution is 0.102. The van der Waals surface area contributed by atoms with Gasteiger partial charge in [-0.05, 0) is 66.3 Å². The summed E-state index contributed by atoms with van der Waals surface area (Å²) in [5.41, 5.74) is 3.43. The van der Waals surface area contributed by atoms with Gasteiger partial charge in [0.2, 0.25) is 0 Å². The summed E-state index contributed by atoms with van der Waals surface area (Å²) in [5.74, 6) is -0.116. The van der Waals surface area contributed by atoms with E-state index in [1.807, 2.05) is 50.2 Å². The number of hydrogen-bond donors (Lipinski definition) is 1. The number of aryl methyl sites for hydroxylation is 1. The van der Waals surface area contributed by atoms with Crippen LogP contribution >= 0.6 is 34.2 Å². The minimum Gasteiger partial charge on any atom is -0.322 e. The molecule has 0 atom stereocenters. The molecule has 0 heterocycles. The number of anilines is 1. The Morgan fingerprint density at radius 3 is 2.63 bits per heavy atom. The van der Waals surface area contributed by atoms with E-state index >= 15 is 0 Å². The van der Waals surface area contributed by atoms with Crippen LogP contribution in [0.15, 0.2) is 36.4 Å². The van der Waals surface area contributed by atoms with Crippen molar-refractivity contribution in [1.82, 2.24) is 0 Å². The van der Waals surface area contributed by atoms with Gasteiger partial charge in [-0.25, -0.2) is 0 Å². The Morgan fingerprint density at radius 2 is 1.95 bits per heavy atom. The standard InChI is InChI=1S/C15H13ClINO/c1-9-6-7-11(13(17)8-9)15(19)18-14-5-3-4-12(16)10(14)2/h3-8H,1-2H3,(H,18,19). The number of nitrogens with one attached hydrogen (secondary N) is 1. The number of rotatable bonds is 2. The topological polar surface area (TPSA) is 29.1 Å². The molecule has 0 fully saturated rings. The molecule has 4 heteroatoms. The van der Waals surface area contributed by atoms with Crippen LogP contribution in [0.25, 0.3) is 0 Å². The molecule has 0 aromatic heterocycles. The molecule has 0 radical (unpaired) electrons. The molecule has 0 spiro atoms. The Balaban J connectivity index is 2.28. The third-order valence-electron chi connectivity index (χ3n) is 2.89. The van der Waals surface area contributed by atoms with E-state index in [-0.39, 0.29) is 5.91 Å². The van der Waals surface area contributed by atoms with Crippen molar-refractivity contribution in [2.45, 2.75) is 13.8 Å². The third kappa shape index (κ3) is 3.28. The highest BCUT2D eigenvalue weighted by Crippen LogP contribution is 2.24. The molecule has 2 aromatic carbocycles. The summed E-state index contributed by atoms with van der Waals surface area (Å²) in [4.78, 5) is 12.3. The lowest BCUT2D eigenvalue weighted by atomic mass is 10.1. The van der Waals surface area contributed by atoms with Crippen molar-refractivity contribution in [3.63, 3.8) is 0 Å². The van der Waals surface area contributed by atoms with Crippen molar-refractivity contribution in [3.05, 3.63) is 61.7 Å². The van der Waals surface area contributed by atoms with Gasteiger partial charge in [-0.1, -0.05) is 29.3 Å². The molecule has 0 unspecified atom stereocenters. The van der Waals surface area contributed by atoms with Crippen LogP contribution in [0.2, 0.25) is 5.02 Å². The molecule has 98 valence electrons. The summed E-state index contributed by atoms with van der Waals surface area (Å²) >= 11 is 8.21. The van der Waals surface area contributed by atoms with E-state index in [9.17, 15) is 4.79 Å². The van der Waals surface area contributed by atoms with Gasteiger partial charge in [0.25, 0.3) is 5.91 Å². The zero-order chi connectivity index (χ0) is 14.0. The molecule has 0 saturated carbocycles. The molecule has 1 N–H and O–H groups in total. The average molecular weight is 386 g/mol. The zero-order valence-corrected chi connectivity index (χ0v) is 13.5. The minimum absolute atomic E-state index is 0.116. The molecule has 1 amide bonds. The van der Waals surface area contributed by atoms with E-state index in [4.69, 9.17) is 11.6 Å². The second-order valence-electron chi connectivity index (χ2n) is 4.35. The van der Waals surface area contributed by atoms with Crippen molar-refractivity contribution < 1.29 is 4.79 Å². The van der Waals surface area contributed by atoms with Gasteiger partial charge in [0.1, 0.15) is 0 Å². The van der Waals surface area contributed by atoms with Crippen LogP contribution in [0.3, 0.4) is 0 Å². The van der Waals surface area contributed by atoms with Gasteiger partial charge in [-0.15, -0.1) is 0 Å². The lowest BCUT2D eigenvalue weighted by Gasteiger charge is -2.10. The highest BCUT2D eigenvalue weighted by molar-refractivity contribution is 14.1. The second-order valence-corrected chi connectivity index (χ2v) is 5.92. The van der Waals surface area contributed by atoms with Gasteiger partial charge in [-0.3, -0.25) is 4.79 Å². The molecular weight excluding hydrogens is 373 g/mol. The first kappa shape index (κ1) is 14.3. The zero-order valence-electron chi connectivity index (χ0n) is 10.6. The number of benzene rings is 2. The molecule has 0 bridgehead atoms. The van der Waals surface area contributed by atoms with Crippen molar-refractivity contribution in [2.24, 2.45) is 0 Å². The summed E-state index contributed by atoms with van der Waals surface area (Å²) in [6, 6.07) is 11.2. The molecule has 19 heavy (non-hydrogen) atoms. The van der Waals surface area contributed by atoms with Gasteiger partial charge < -0.3 is 5.32 Å². The summed E-state index contributed by atoms with van der Waals surface area (Å²) in [7, 11) is 0. The Labute approximate surface area is 131 Å². The van der Waals surface area contributed by atoms with Crippen LogP contribution < -0.4 is 5.32 Å². The van der Waals surface area contributed by atoms with Gasteiger partial charge >= 0.3 is 0 Å². The van der Waals surface area contributed by atoms with E-state index in [1.165, 1.54) is 0 Å². The smallest absolute Gasteiger partial charge is 0.256 e. The van der Waals surface area contributed by atoms with Crippen LogP contribution in [-0.4, -0.2) is 5.91 Å². The fourth-order valence-electron chi connectivity index (χ4n) is 1.74. The van der Waals surface area contributed by atoms with E-state index in [0.29, 0.717) is 10.6 Å². The molecule has 2 aromatic rings. The summed E-state index contributed by atoms with van der Waals surface area (Å²) in [6.45, 7) is 3.89. The molecular formula is C15H13ClINO. The highest BCUT2D eigenvalue weighted by atomic mass is 127. The summed E-state index contributed by atoms with van der Waals surface area (Å²) in [5, 5.41) is 3.55. The molecule has 0 aliphatic carbocycles. The Kier molecular flexibility index (Phi) is 4.47. The first-order valence-corrected chi connectivity index (χ1v) is 7.27. The Morgan fingerprint density at radius 1 is 1.21 bits per heavy atom. The van der Waals surface area contributed by atoms with Crippen molar-refractivity contribution in [3.8, 4) is 0 Å². The SMILES string of the molecule is Cc1ccc(C(=O)Nc2cccc(Cl)c2C)c(I)c1. The molecule has 0 aliphatic rings. The predicted octanol–water partition coefficient (Wildman–Crippen LogP) is 4.81. The summed E-state index contributed by atoms with van der Waals surface area (Å²) < 4.78 is 0.940. The van der Waals surface area contributed by atoms with Gasteiger partial charge in [0.05, 0.1) is 5.56 Å². The maximum absolute atomic E-state index is 12.3. The van der Waals surface area contributed by atoms with Gasteiger partial charge in [-0.2, -0.15) is 0 Å². The van der Waals surface area contributed by atoms with Crippen molar-refractivity contribution in [2.75, 3.05) is 5.32 Å². The number of carbonyl (C=O) groups excluding carboxylic acids is 1. The van der Waals surface area contributed by atoms with Crippen LogP contribution in [0.1, 0.15) is 21.5 Å². The van der Waals surface area contributed by atoms with Gasteiger partial charge in [0, 0.05) is 14.3 Å². The first-order chi connectivity index (χ1) is 8.99. The number of amides is 1. The van der Waals surface area contributed by atoms with Crippen LogP contribution in [0, 0.1) is 17.4 Å². The Hall–Kier alpha value is -1.07. The van der Waals surface area contributed by atoms with Crippen molar-refractivity contribution in [1.29, 1.82) is 0 Å². The fraction of sp³-hybridized carbons (Fsp3) is 0.133. The highest BCUT2D eigenvalue weighted by Gasteiger charge is 2.12. The average Bonchev–Trinajstić information content (AvgIpc) is 2.34. The monoisotopic (exact) mass is 385 g/mol. The van der Waals surface area contributed by atoms with Crippen LogP contribution in [0.4, 0.5) is 5.69 Å². The number of carbonyl (C=O) groups is 1. The molecule has 0 saturated heterocycles. The second kappa shape index (κ2) is 5.92. The van der Waals surface area contributed by atoms with E-state index in [2.05, 4.69) is 27.9 Å². The number of hydrogen-bond acceptors (Lipinski definition) is 1. The number of halogens is 2. The quantitative estimate of drug-likeness (QED) is 0.738. The predicted molar refractivity (Wildman–Crippen MR) is 88.0 cm³/mol. The summed E-state index contributed by atoms with van der Waals surface area (Å²) in [6.07, 6.45) is 0. The lowest BCUT2D eigenvalue weighted by Crippen LogP contribution is -2.14. The normalized spacial score (nSPS) is 10.3. The van der Waals surface area contributed by atoms with Crippen LogP contribution in [0.5, 0.6) is 0 Å². The largest absolute Gasteiger partial charge is 0.322 e. The van der Waals surface area contributed by atoms with E-state index < -0.39 is 0 Å². The maximum atomic E-state index is 12.3. The molecule has 2 rings (SSSR count). The molecule has 0 aliphatic heterocycles. The van der Waals surface area contributed by atoms with Gasteiger partial charge in [0.15, 0.2) is 0 Å². The third-order valence-corrected chi connectivity index (χ3v) is 4.19. The van der Waals surface area contributed by atoms with E-state index in [0.717, 1.165) is 20.4 Å². The van der Waals surface area contributed by atoms with Crippen LogP contribution in [-0.2, 0) is 0 Å². The minimum atomic E-state index is -0.116. The fourth-order valence-corrected chi connectivity index (χ4v) is 2.83.